The zero-order valence-corrected chi connectivity index (χ0v) is 27.7. The standard InChI is InChI=1S/C44H29N5S/c1-4-12-28(13-5-1)40-46-41(29-14-6-2-7-15-29)48-44(47-40)38-19-10-20-39-43(38,44)35-27-31(22-24-37(35)50-39)30-21-23-36-34(26-30)33-18-11-25-45-42(33)49(36)32-16-8-3-9-17-32/h1-27,38H,(H,46,47,48). The molecule has 0 radical (unpaired) electrons. The first kappa shape index (κ1) is 27.9. The van der Waals surface area contributed by atoms with Crippen molar-refractivity contribution in [3.63, 3.8) is 0 Å². The number of amidine groups is 2. The number of hydrogen-bond acceptors (Lipinski definition) is 5. The quantitative estimate of drug-likeness (QED) is 0.205. The summed E-state index contributed by atoms with van der Waals surface area (Å²) in [4.78, 5) is 18.5. The Bertz CT molecular complexity index is 2600. The fourth-order valence-electron chi connectivity index (χ4n) is 8.49. The molecule has 2 unspecified atom stereocenters. The van der Waals surface area contributed by atoms with Gasteiger partial charge in [0.25, 0.3) is 0 Å². The predicted molar refractivity (Wildman–Crippen MR) is 204 cm³/mol. The van der Waals surface area contributed by atoms with Gasteiger partial charge in [-0.1, -0.05) is 121 Å². The van der Waals surface area contributed by atoms with E-state index in [1.807, 2.05) is 36.2 Å². The van der Waals surface area contributed by atoms with Crippen LogP contribution in [0, 0.1) is 5.92 Å². The normalized spacial score (nSPS) is 20.8. The van der Waals surface area contributed by atoms with Crippen LogP contribution < -0.4 is 5.32 Å². The van der Waals surface area contributed by atoms with Gasteiger partial charge in [0.15, 0.2) is 5.66 Å². The largest absolute Gasteiger partial charge is 0.324 e. The van der Waals surface area contributed by atoms with Crippen molar-refractivity contribution >= 4 is 45.4 Å². The third-order valence-corrected chi connectivity index (χ3v) is 12.0. The zero-order chi connectivity index (χ0) is 32.9. The molecule has 0 bridgehead atoms. The Balaban J connectivity index is 1.09. The molecule has 0 amide bonds. The van der Waals surface area contributed by atoms with Gasteiger partial charge < -0.3 is 5.32 Å². The topological polar surface area (TPSA) is 54.6 Å². The van der Waals surface area contributed by atoms with Crippen LogP contribution in [-0.2, 0) is 5.41 Å². The second kappa shape index (κ2) is 10.3. The van der Waals surface area contributed by atoms with Gasteiger partial charge in [-0.25, -0.2) is 15.0 Å². The molecule has 5 aromatic carbocycles. The Kier molecular flexibility index (Phi) is 5.73. The van der Waals surface area contributed by atoms with E-state index in [2.05, 4.69) is 149 Å². The number of para-hydroxylation sites is 1. The molecule has 4 heterocycles. The van der Waals surface area contributed by atoms with Crippen LogP contribution in [0.25, 0.3) is 38.8 Å². The minimum absolute atomic E-state index is 0.107. The Hall–Kier alpha value is -5.98. The van der Waals surface area contributed by atoms with E-state index < -0.39 is 5.66 Å². The highest BCUT2D eigenvalue weighted by atomic mass is 32.2. The number of thioether (sulfide) groups is 1. The molecular weight excluding hydrogens is 631 g/mol. The van der Waals surface area contributed by atoms with Gasteiger partial charge in [-0.05, 0) is 65.2 Å². The Morgan fingerprint density at radius 1 is 0.640 bits per heavy atom. The van der Waals surface area contributed by atoms with Crippen molar-refractivity contribution in [2.24, 2.45) is 15.9 Å². The van der Waals surface area contributed by atoms with Crippen LogP contribution in [-0.4, -0.2) is 26.9 Å². The van der Waals surface area contributed by atoms with Gasteiger partial charge in [0.05, 0.1) is 10.9 Å². The molecule has 50 heavy (non-hydrogen) atoms. The fraction of sp³-hybridized carbons (Fsp3) is 0.0682. The van der Waals surface area contributed by atoms with Crippen molar-refractivity contribution in [3.05, 3.63) is 186 Å². The van der Waals surface area contributed by atoms with Crippen LogP contribution in [0.4, 0.5) is 0 Å². The van der Waals surface area contributed by atoms with Gasteiger partial charge in [0.2, 0.25) is 0 Å². The van der Waals surface area contributed by atoms with Gasteiger partial charge in [-0.3, -0.25) is 4.57 Å². The van der Waals surface area contributed by atoms with Crippen LogP contribution in [0.15, 0.2) is 184 Å². The molecule has 1 N–H and O–H groups in total. The molecular formula is C44H29N5S. The highest BCUT2D eigenvalue weighted by Crippen LogP contribution is 2.78. The first-order valence-corrected chi connectivity index (χ1v) is 17.8. The maximum atomic E-state index is 5.56. The first-order chi connectivity index (χ1) is 24.7. The van der Waals surface area contributed by atoms with Gasteiger partial charge in [-0.15, -0.1) is 0 Å². The lowest BCUT2D eigenvalue weighted by Gasteiger charge is -2.26. The number of benzene rings is 5. The second-order valence-corrected chi connectivity index (χ2v) is 14.4. The number of aliphatic imine (C=N–C) groups is 2. The van der Waals surface area contributed by atoms with E-state index in [9.17, 15) is 0 Å². The molecule has 2 aliphatic carbocycles. The molecule has 2 atom stereocenters. The molecule has 1 fully saturated rings. The molecule has 7 aromatic rings. The average Bonchev–Trinajstić information content (AvgIpc) is 3.41. The van der Waals surface area contributed by atoms with Crippen molar-refractivity contribution in [2.75, 3.05) is 0 Å². The Labute approximate surface area is 293 Å². The van der Waals surface area contributed by atoms with E-state index in [1.165, 1.54) is 31.9 Å². The minimum atomic E-state index is -0.691. The lowest BCUT2D eigenvalue weighted by Crippen LogP contribution is -2.40. The van der Waals surface area contributed by atoms with Crippen molar-refractivity contribution in [3.8, 4) is 16.8 Å². The maximum absolute atomic E-state index is 5.56. The zero-order valence-electron chi connectivity index (χ0n) is 26.9. The summed E-state index contributed by atoms with van der Waals surface area (Å²) in [5.74, 6) is 1.83. The maximum Gasteiger partial charge on any atom is 0.177 e. The molecule has 2 aromatic heterocycles. The number of aromatic nitrogens is 2. The smallest absolute Gasteiger partial charge is 0.177 e. The summed E-state index contributed by atoms with van der Waals surface area (Å²) in [5, 5.41) is 5.95. The van der Waals surface area contributed by atoms with E-state index in [1.54, 1.807) is 0 Å². The highest BCUT2D eigenvalue weighted by Gasteiger charge is 2.82. The molecule has 2 aliphatic heterocycles. The van der Waals surface area contributed by atoms with Crippen LogP contribution >= 0.6 is 11.8 Å². The summed E-state index contributed by atoms with van der Waals surface area (Å²) in [5.41, 5.74) is 7.96. The summed E-state index contributed by atoms with van der Waals surface area (Å²) in [6, 6.07) is 49.4. The number of fused-ring (bicyclic) bond motifs is 5. The highest BCUT2D eigenvalue weighted by molar-refractivity contribution is 8.03. The molecule has 6 heteroatoms. The molecule has 1 saturated carbocycles. The SMILES string of the molecule is C1=CC2C3(N=C(c4ccccc4)NC(c4ccccc4)=N3)C23C(=C1)Sc1ccc(-c2ccc4c(c2)c2cccnc2n4-c2ccccc2)cc13. The van der Waals surface area contributed by atoms with Crippen molar-refractivity contribution < 1.29 is 0 Å². The van der Waals surface area contributed by atoms with E-state index >= 15 is 0 Å². The van der Waals surface area contributed by atoms with Crippen LogP contribution in [0.1, 0.15) is 16.7 Å². The first-order valence-electron chi connectivity index (χ1n) is 17.0. The van der Waals surface area contributed by atoms with Crippen LogP contribution in [0.5, 0.6) is 0 Å². The number of pyridine rings is 1. The van der Waals surface area contributed by atoms with Crippen molar-refractivity contribution in [1.82, 2.24) is 14.9 Å². The molecule has 236 valence electrons. The van der Waals surface area contributed by atoms with E-state index in [0.29, 0.717) is 0 Å². The summed E-state index contributed by atoms with van der Waals surface area (Å²) in [7, 11) is 0. The number of rotatable bonds is 4. The third-order valence-electron chi connectivity index (χ3n) is 10.7. The van der Waals surface area contributed by atoms with Gasteiger partial charge in [0, 0.05) is 49.5 Å². The van der Waals surface area contributed by atoms with Gasteiger partial charge >= 0.3 is 0 Å². The molecule has 11 rings (SSSR count). The average molecular weight is 660 g/mol. The molecule has 4 aliphatic rings. The predicted octanol–water partition coefficient (Wildman–Crippen LogP) is 9.47. The number of allylic oxidation sites excluding steroid dienone is 2. The van der Waals surface area contributed by atoms with Gasteiger partial charge in [0.1, 0.15) is 17.3 Å². The molecule has 5 nitrogen and oxygen atoms in total. The van der Waals surface area contributed by atoms with Crippen molar-refractivity contribution in [2.45, 2.75) is 16.0 Å². The number of nitrogens with zero attached hydrogens (tertiary/aromatic N) is 4. The monoisotopic (exact) mass is 659 g/mol. The van der Waals surface area contributed by atoms with Crippen LogP contribution in [0.2, 0.25) is 0 Å². The summed E-state index contributed by atoms with van der Waals surface area (Å²) in [6.45, 7) is 0. The lowest BCUT2D eigenvalue weighted by atomic mass is 9.87. The molecule has 2 spiro atoms. The van der Waals surface area contributed by atoms with E-state index in [-0.39, 0.29) is 11.3 Å². The summed E-state index contributed by atoms with van der Waals surface area (Å²) in [6.07, 6.45) is 8.69. The minimum Gasteiger partial charge on any atom is -0.324 e. The van der Waals surface area contributed by atoms with Crippen molar-refractivity contribution in [1.29, 1.82) is 0 Å². The summed E-state index contributed by atoms with van der Waals surface area (Å²) >= 11 is 1.87. The van der Waals surface area contributed by atoms with E-state index in [4.69, 9.17) is 15.0 Å². The fourth-order valence-corrected chi connectivity index (χ4v) is 9.89. The van der Waals surface area contributed by atoms with Gasteiger partial charge in [-0.2, -0.15) is 0 Å². The van der Waals surface area contributed by atoms with E-state index in [0.717, 1.165) is 45.0 Å². The van der Waals surface area contributed by atoms with Crippen LogP contribution in [0.3, 0.4) is 0 Å². The number of nitrogens with one attached hydrogen (secondary N) is 1. The number of hydrogen-bond donors (Lipinski definition) is 1. The Morgan fingerprint density at radius 2 is 1.32 bits per heavy atom. The summed E-state index contributed by atoms with van der Waals surface area (Å²) < 4.78 is 2.26. The Morgan fingerprint density at radius 3 is 2.06 bits per heavy atom. The third kappa shape index (κ3) is 3.71. The lowest BCUT2D eigenvalue weighted by molar-refractivity contribution is 0.611. The molecule has 0 saturated heterocycles. The second-order valence-electron chi connectivity index (χ2n) is 13.3.